The highest BCUT2D eigenvalue weighted by molar-refractivity contribution is 7.91. The first kappa shape index (κ1) is 28.6. The highest BCUT2D eigenvalue weighted by atomic mass is 35.5. The van der Waals surface area contributed by atoms with Gasteiger partial charge in [0.1, 0.15) is 23.0 Å². The number of hydrogen-bond acceptors (Lipinski definition) is 8. The van der Waals surface area contributed by atoms with Crippen LogP contribution in [0.4, 0.5) is 4.39 Å². The number of para-hydroxylation sites is 1. The molecular weight excluding hydrogens is 589 g/mol. The molecule has 0 bridgehead atoms. The zero-order valence-electron chi connectivity index (χ0n) is 22.0. The number of H-pyrrole nitrogens is 1. The summed E-state index contributed by atoms with van der Waals surface area (Å²) in [7, 11) is -1.98. The molecule has 3 aromatic carbocycles. The quantitative estimate of drug-likeness (QED) is 0.273. The van der Waals surface area contributed by atoms with Crippen molar-refractivity contribution in [2.24, 2.45) is 0 Å². The molecule has 0 aliphatic rings. The monoisotopic (exact) mass is 609 g/mol. The van der Waals surface area contributed by atoms with Crippen LogP contribution in [-0.4, -0.2) is 42.3 Å². The van der Waals surface area contributed by atoms with Gasteiger partial charge >= 0.3 is 0 Å². The Morgan fingerprint density at radius 2 is 1.52 bits per heavy atom. The van der Waals surface area contributed by atoms with Crippen LogP contribution in [0.5, 0.6) is 17.4 Å². The van der Waals surface area contributed by atoms with Crippen molar-refractivity contribution >= 4 is 21.4 Å². The largest absolute Gasteiger partial charge is 0.494 e. The lowest BCUT2D eigenvalue weighted by Crippen LogP contribution is -2.23. The molecule has 5 rings (SSSR count). The number of nitrogens with one attached hydrogen (secondary N) is 1. The third-order valence-corrected chi connectivity index (χ3v) is 8.37. The van der Waals surface area contributed by atoms with E-state index >= 15 is 0 Å². The first-order chi connectivity index (χ1) is 20.1. The van der Waals surface area contributed by atoms with Crippen molar-refractivity contribution in [2.45, 2.75) is 9.79 Å². The minimum absolute atomic E-state index is 0.0406. The van der Waals surface area contributed by atoms with E-state index in [1.165, 1.54) is 75.0 Å². The molecule has 0 amide bonds. The summed E-state index contributed by atoms with van der Waals surface area (Å²) >= 11 is 5.98. The molecule has 0 fully saturated rings. The Morgan fingerprint density at radius 1 is 0.929 bits per heavy atom. The number of methoxy groups -OCH3 is 2. The lowest BCUT2D eigenvalue weighted by atomic mass is 10.1. The van der Waals surface area contributed by atoms with Crippen LogP contribution in [0.3, 0.4) is 0 Å². The SMILES string of the molecule is COc1cccc(OC)c1-n1c(-c2ccc(F)cc2)nc(=O)c(S(=O)(=O)c2ccc(-c3cc(Cl)c[nH]c3=O)cc2)c1O. The molecule has 13 heteroatoms. The summed E-state index contributed by atoms with van der Waals surface area (Å²) in [5.74, 6) is -1.44. The molecule has 5 aromatic rings. The molecule has 0 unspecified atom stereocenters. The van der Waals surface area contributed by atoms with Gasteiger partial charge in [0.2, 0.25) is 15.7 Å². The van der Waals surface area contributed by atoms with Gasteiger partial charge in [0.05, 0.1) is 24.1 Å². The van der Waals surface area contributed by atoms with E-state index in [2.05, 4.69) is 9.97 Å². The Hall–Kier alpha value is -4.94. The van der Waals surface area contributed by atoms with Gasteiger partial charge in [0, 0.05) is 17.3 Å². The number of aromatic hydroxyl groups is 1. The molecule has 42 heavy (non-hydrogen) atoms. The fourth-order valence-electron chi connectivity index (χ4n) is 4.39. The van der Waals surface area contributed by atoms with Gasteiger partial charge in [0.25, 0.3) is 11.1 Å². The maximum atomic E-state index is 13.8. The van der Waals surface area contributed by atoms with E-state index in [0.717, 1.165) is 16.7 Å². The predicted molar refractivity (Wildman–Crippen MR) is 153 cm³/mol. The average Bonchev–Trinajstić information content (AvgIpc) is 2.98. The number of aromatic nitrogens is 3. The molecule has 0 atom stereocenters. The summed E-state index contributed by atoms with van der Waals surface area (Å²) < 4.78 is 53.3. The van der Waals surface area contributed by atoms with E-state index in [0.29, 0.717) is 5.56 Å². The molecule has 10 nitrogen and oxygen atoms in total. The van der Waals surface area contributed by atoms with Crippen LogP contribution < -0.4 is 20.6 Å². The third-order valence-electron chi connectivity index (χ3n) is 6.37. The molecule has 2 N–H and O–H groups in total. The normalized spacial score (nSPS) is 11.3. The molecule has 0 spiro atoms. The van der Waals surface area contributed by atoms with E-state index in [4.69, 9.17) is 21.1 Å². The van der Waals surface area contributed by atoms with E-state index in [1.807, 2.05) is 0 Å². The van der Waals surface area contributed by atoms with E-state index in [9.17, 15) is 27.5 Å². The molecule has 0 aliphatic carbocycles. The van der Waals surface area contributed by atoms with Gasteiger partial charge in [-0.1, -0.05) is 29.8 Å². The summed E-state index contributed by atoms with van der Waals surface area (Å²) in [6, 6.07) is 16.1. The Morgan fingerprint density at radius 3 is 2.12 bits per heavy atom. The maximum absolute atomic E-state index is 13.8. The molecule has 0 radical (unpaired) electrons. The van der Waals surface area contributed by atoms with Crippen molar-refractivity contribution in [3.05, 3.63) is 111 Å². The van der Waals surface area contributed by atoms with Crippen LogP contribution in [0.2, 0.25) is 5.02 Å². The number of aromatic amines is 1. The van der Waals surface area contributed by atoms with Crippen LogP contribution in [0.1, 0.15) is 0 Å². The molecular formula is C29H21ClFN3O7S. The van der Waals surface area contributed by atoms with Crippen molar-refractivity contribution in [1.29, 1.82) is 0 Å². The minimum atomic E-state index is -4.69. The predicted octanol–water partition coefficient (Wildman–Crippen LogP) is 4.60. The van der Waals surface area contributed by atoms with Crippen molar-refractivity contribution in [1.82, 2.24) is 14.5 Å². The Kier molecular flexibility index (Phi) is 7.59. The van der Waals surface area contributed by atoms with Crippen molar-refractivity contribution < 1.29 is 27.4 Å². The zero-order valence-corrected chi connectivity index (χ0v) is 23.5. The van der Waals surface area contributed by atoms with Gasteiger partial charge in [-0.2, -0.15) is 4.98 Å². The highest BCUT2D eigenvalue weighted by Crippen LogP contribution is 2.40. The van der Waals surface area contributed by atoms with Crippen LogP contribution in [0, 0.1) is 5.82 Å². The topological polar surface area (TPSA) is 141 Å². The average molecular weight is 610 g/mol. The summed E-state index contributed by atoms with van der Waals surface area (Å²) in [5.41, 5.74) is -0.905. The third kappa shape index (κ3) is 5.01. The number of pyridine rings is 1. The number of halogens is 2. The van der Waals surface area contributed by atoms with Gasteiger partial charge in [-0.25, -0.2) is 12.8 Å². The van der Waals surface area contributed by atoms with Crippen LogP contribution >= 0.6 is 11.6 Å². The summed E-state index contributed by atoms with van der Waals surface area (Å²) in [5, 5.41) is 11.8. The van der Waals surface area contributed by atoms with Crippen LogP contribution in [0.15, 0.2) is 98.4 Å². The number of hydrogen-bond donors (Lipinski definition) is 2. The van der Waals surface area contributed by atoms with Crippen LogP contribution in [-0.2, 0) is 9.84 Å². The number of benzene rings is 3. The standard InChI is InChI=1S/C29H21ClFN3O7S/c1-40-22-4-3-5-23(41-2)24(22)34-26(17-6-10-19(31)11-7-17)33-28(36)25(29(34)37)42(38,39)20-12-8-16(9-13-20)21-14-18(30)15-32-27(21)35/h3-15,37H,1-2H3,(H,32,35). The molecule has 0 aliphatic heterocycles. The minimum Gasteiger partial charge on any atom is -0.494 e. The van der Waals surface area contributed by atoms with E-state index in [-0.39, 0.29) is 44.1 Å². The smallest absolute Gasteiger partial charge is 0.296 e. The second kappa shape index (κ2) is 11.1. The molecule has 0 saturated heterocycles. The molecule has 214 valence electrons. The van der Waals surface area contributed by atoms with Crippen molar-refractivity contribution in [2.75, 3.05) is 14.2 Å². The van der Waals surface area contributed by atoms with E-state index < -0.39 is 37.5 Å². The summed E-state index contributed by atoms with van der Waals surface area (Å²) in [6.45, 7) is 0. The second-order valence-corrected chi connectivity index (χ2v) is 11.2. The van der Waals surface area contributed by atoms with Crippen molar-refractivity contribution in [3.8, 4) is 45.6 Å². The van der Waals surface area contributed by atoms with Crippen molar-refractivity contribution in [3.63, 3.8) is 0 Å². The number of ether oxygens (including phenoxy) is 2. The fraction of sp³-hybridized carbons (Fsp3) is 0.0690. The first-order valence-corrected chi connectivity index (χ1v) is 14.0. The van der Waals surface area contributed by atoms with Gasteiger partial charge in [-0.05, 0) is 60.2 Å². The molecule has 2 heterocycles. The molecule has 0 saturated carbocycles. The zero-order chi connectivity index (χ0) is 30.2. The summed E-state index contributed by atoms with van der Waals surface area (Å²) in [4.78, 5) is 30.7. The second-order valence-electron chi connectivity index (χ2n) is 8.84. The Balaban J connectivity index is 1.76. The number of sulfone groups is 1. The lowest BCUT2D eigenvalue weighted by molar-refractivity contribution is 0.378. The first-order valence-electron chi connectivity index (χ1n) is 12.1. The highest BCUT2D eigenvalue weighted by Gasteiger charge is 2.32. The van der Waals surface area contributed by atoms with Gasteiger partial charge < -0.3 is 19.6 Å². The number of rotatable bonds is 7. The fourth-order valence-corrected chi connectivity index (χ4v) is 5.89. The molecule has 2 aromatic heterocycles. The summed E-state index contributed by atoms with van der Waals surface area (Å²) in [6.07, 6.45) is 1.32. The Labute approximate surface area is 243 Å². The van der Waals surface area contributed by atoms with Gasteiger partial charge in [0.15, 0.2) is 10.7 Å². The number of nitrogens with zero attached hydrogens (tertiary/aromatic N) is 2. The lowest BCUT2D eigenvalue weighted by Gasteiger charge is -2.21. The van der Waals surface area contributed by atoms with E-state index in [1.54, 1.807) is 6.07 Å². The van der Waals surface area contributed by atoms with Gasteiger partial charge in [-0.3, -0.25) is 14.2 Å². The van der Waals surface area contributed by atoms with Crippen LogP contribution in [0.25, 0.3) is 28.2 Å². The maximum Gasteiger partial charge on any atom is 0.296 e. The Bertz CT molecular complexity index is 2020. The van der Waals surface area contributed by atoms with Gasteiger partial charge in [-0.15, -0.1) is 0 Å².